The van der Waals surface area contributed by atoms with Gasteiger partial charge in [0.05, 0.1) is 39.6 Å². The number of benzene rings is 1. The molecule has 0 aromatic heterocycles. The first-order valence-corrected chi connectivity index (χ1v) is 15.6. The van der Waals surface area contributed by atoms with Gasteiger partial charge in [0.1, 0.15) is 5.75 Å². The molecule has 1 rings (SSSR count). The molecule has 1 aromatic carbocycles. The van der Waals surface area contributed by atoms with Crippen LogP contribution in [0, 0.1) is 41.5 Å². The van der Waals surface area contributed by atoms with Crippen LogP contribution in [-0.2, 0) is 54.7 Å². The minimum Gasteiger partial charge on any atom is -0.455 e. The highest BCUT2D eigenvalue weighted by Crippen LogP contribution is 2.27. The van der Waals surface area contributed by atoms with Crippen molar-refractivity contribution in [1.82, 2.24) is 0 Å². The van der Waals surface area contributed by atoms with Gasteiger partial charge >= 0.3 is 11.9 Å². The summed E-state index contributed by atoms with van der Waals surface area (Å²) in [6, 6.07) is 8.99. The summed E-state index contributed by atoms with van der Waals surface area (Å²) in [5.41, 5.74) is 0.437. The topological polar surface area (TPSA) is 190 Å². The largest absolute Gasteiger partial charge is 0.455 e. The smallest absolute Gasteiger partial charge is 0.368 e. The van der Waals surface area contributed by atoms with Crippen molar-refractivity contribution in [3.8, 4) is 5.75 Å². The van der Waals surface area contributed by atoms with Crippen LogP contribution in [-0.4, -0.2) is 64.0 Å². The highest BCUT2D eigenvalue weighted by molar-refractivity contribution is 5.87. The second kappa shape index (κ2) is 49.5. The summed E-state index contributed by atoms with van der Waals surface area (Å²) in [6.45, 7) is 28.2. The summed E-state index contributed by atoms with van der Waals surface area (Å²) in [5, 5.41) is 52.9. The van der Waals surface area contributed by atoms with Crippen molar-refractivity contribution < 1.29 is 59.5 Å². The van der Waals surface area contributed by atoms with E-state index < -0.39 is 17.7 Å². The number of rotatable bonds is 16. The van der Waals surface area contributed by atoms with Gasteiger partial charge < -0.3 is 9.47 Å². The third-order valence-corrected chi connectivity index (χ3v) is 4.60. The number of para-hydroxylation sites is 1. The summed E-state index contributed by atoms with van der Waals surface area (Å²) in [5.74, 6) is -2.27. The molecule has 0 aliphatic heterocycles. The van der Waals surface area contributed by atoms with Crippen LogP contribution in [0.2, 0.25) is 0 Å². The van der Waals surface area contributed by atoms with Crippen molar-refractivity contribution in [2.75, 3.05) is 46.2 Å². The van der Waals surface area contributed by atoms with E-state index in [1.54, 1.807) is 19.1 Å². The van der Waals surface area contributed by atoms with Crippen LogP contribution in [0.5, 0.6) is 5.75 Å². The van der Waals surface area contributed by atoms with Crippen LogP contribution in [0.25, 0.3) is 0 Å². The molecular formula is C37H60O12. The Labute approximate surface area is 297 Å². The maximum absolute atomic E-state index is 12.0. The third-order valence-electron chi connectivity index (χ3n) is 4.60. The van der Waals surface area contributed by atoms with E-state index in [9.17, 15) is 9.59 Å². The number of carbonyl (C=O) groups excluding carboxylic acids is 2. The molecule has 12 heteroatoms. The lowest BCUT2D eigenvalue weighted by atomic mass is 10.0. The van der Waals surface area contributed by atoms with Crippen molar-refractivity contribution in [3.05, 3.63) is 96.2 Å². The second-order valence-electron chi connectivity index (χ2n) is 9.01. The van der Waals surface area contributed by atoms with Gasteiger partial charge in [0.15, 0.2) is 6.61 Å². The highest BCUT2D eigenvalue weighted by Gasteiger charge is 2.39. The van der Waals surface area contributed by atoms with Crippen LogP contribution in [0.1, 0.15) is 72.1 Å². The Hall–Kier alpha value is -2.84. The first kappa shape index (κ1) is 58.4. The van der Waals surface area contributed by atoms with Gasteiger partial charge in [-0.2, -0.15) is 0 Å². The van der Waals surface area contributed by atoms with Crippen molar-refractivity contribution in [1.29, 1.82) is 0 Å². The predicted molar refractivity (Wildman–Crippen MR) is 186 cm³/mol. The fourth-order valence-electron chi connectivity index (χ4n) is 2.77. The normalized spacial score (nSPS) is 10.1. The number of unbranched alkanes of at least 4 members (excludes halogenated alkanes) is 6. The molecule has 1 aromatic rings. The van der Waals surface area contributed by atoms with Crippen LogP contribution >= 0.6 is 0 Å². The first-order chi connectivity index (χ1) is 23.3. The zero-order valence-electron chi connectivity index (χ0n) is 30.0. The molecule has 0 aliphatic carbocycles. The summed E-state index contributed by atoms with van der Waals surface area (Å²) in [4.78, 5) is 34.4. The molecule has 0 bridgehead atoms. The van der Waals surface area contributed by atoms with Crippen molar-refractivity contribution >= 4 is 11.9 Å². The molecule has 1 unspecified atom stereocenters. The van der Waals surface area contributed by atoms with Gasteiger partial charge in [0.2, 0.25) is 0 Å². The molecule has 1 atom stereocenters. The fraction of sp³-hybridized carbons (Fsp3) is 0.514. The zero-order valence-corrected chi connectivity index (χ0v) is 30.0. The van der Waals surface area contributed by atoms with E-state index in [1.807, 2.05) is 18.2 Å². The van der Waals surface area contributed by atoms with Crippen molar-refractivity contribution in [2.45, 2.75) is 77.9 Å². The van der Waals surface area contributed by atoms with Gasteiger partial charge in [-0.05, 0) is 73.9 Å². The Bertz CT molecular complexity index is 771. The molecule has 0 N–H and O–H groups in total. The average Bonchev–Trinajstić information content (AvgIpc) is 3.04. The van der Waals surface area contributed by atoms with Crippen LogP contribution < -0.4 is 4.74 Å². The minimum atomic E-state index is -1.49. The molecular weight excluding hydrogens is 636 g/mol. The molecule has 12 radical (unpaired) electrons. The van der Waals surface area contributed by atoms with E-state index >= 15 is 0 Å². The van der Waals surface area contributed by atoms with Crippen LogP contribution in [0.15, 0.2) is 54.6 Å². The molecule has 0 saturated carbocycles. The maximum atomic E-state index is 12.0. The molecule has 0 spiro atoms. The Balaban J connectivity index is -0.000000213. The van der Waals surface area contributed by atoms with Crippen LogP contribution in [0.4, 0.5) is 0 Å². The molecule has 0 fully saturated rings. The number of hydrogen-bond donors (Lipinski definition) is 0. The molecule has 49 heavy (non-hydrogen) atoms. The van der Waals surface area contributed by atoms with Crippen molar-refractivity contribution in [2.24, 2.45) is 0 Å². The van der Waals surface area contributed by atoms with Gasteiger partial charge in [0, 0.05) is 17.6 Å². The predicted octanol–water partition coefficient (Wildman–Crippen LogP) is 7.58. The van der Waals surface area contributed by atoms with E-state index in [1.165, 1.54) is 26.2 Å². The fourth-order valence-corrected chi connectivity index (χ4v) is 2.77. The Kier molecular flexibility index (Phi) is 59.0. The van der Waals surface area contributed by atoms with E-state index in [2.05, 4.69) is 61.6 Å². The second-order valence-corrected chi connectivity index (χ2v) is 9.01. The summed E-state index contributed by atoms with van der Waals surface area (Å²) >= 11 is 0. The van der Waals surface area contributed by atoms with Crippen molar-refractivity contribution in [3.63, 3.8) is 0 Å². The molecule has 0 heterocycles. The Morgan fingerprint density at radius 1 is 0.612 bits per heavy atom. The lowest BCUT2D eigenvalue weighted by Gasteiger charge is -2.31. The standard InChI is InChI=1S/C25H36O6.6C2H4O/c1-6-7-8-9-10-11-15-18-25(19-28-23(26)20(2)3,31-30-24(27)21(4)5)29-22-16-13-12-14-17-22;6*1-2-3/h12-14,16-17H,2,4,6-11,15,18-19H2,1,3,5H3;6*1-2H2. The number of hydrogen-bond acceptors (Lipinski definition) is 6. The number of ether oxygens (including phenoxy) is 2. The average molecular weight is 697 g/mol. The summed E-state index contributed by atoms with van der Waals surface area (Å²) in [6.07, 6.45) is 7.95. The Morgan fingerprint density at radius 2 is 0.980 bits per heavy atom. The lowest BCUT2D eigenvalue weighted by molar-refractivity contribution is -0.391. The van der Waals surface area contributed by atoms with Gasteiger partial charge in [-0.15, -0.1) is 4.89 Å². The number of esters is 1. The van der Waals surface area contributed by atoms with Gasteiger partial charge in [0.25, 0.3) is 5.79 Å². The van der Waals surface area contributed by atoms with E-state index in [4.69, 9.17) is 49.9 Å². The zero-order chi connectivity index (χ0) is 39.4. The minimum absolute atomic E-state index is 0.184. The molecule has 0 amide bonds. The Morgan fingerprint density at radius 3 is 1.35 bits per heavy atom. The maximum Gasteiger partial charge on any atom is 0.368 e. The first-order valence-electron chi connectivity index (χ1n) is 15.6. The van der Waals surface area contributed by atoms with E-state index in [0.717, 1.165) is 25.7 Å². The highest BCUT2D eigenvalue weighted by atomic mass is 17.2. The van der Waals surface area contributed by atoms with E-state index in [-0.39, 0.29) is 57.4 Å². The molecule has 0 saturated heterocycles. The molecule has 280 valence electrons. The lowest BCUT2D eigenvalue weighted by Crippen LogP contribution is -2.45. The third kappa shape index (κ3) is 52.2. The SMILES string of the molecule is C=C(C)C(=O)OCC(CCCCCCCCC)(OOC(=O)C(=C)C)Oc1ccccc1.[CH2]C[O].[CH2]C[O].[CH2]C[O].[CH2]C[O].[CH2]C[O].[CH2]C[O]. The summed E-state index contributed by atoms with van der Waals surface area (Å²) < 4.78 is 11.4. The molecule has 0 aliphatic rings. The van der Waals surface area contributed by atoms with Gasteiger partial charge in [-0.1, -0.05) is 76.8 Å². The van der Waals surface area contributed by atoms with E-state index in [0.29, 0.717) is 12.2 Å². The molecule has 12 nitrogen and oxygen atoms in total. The summed E-state index contributed by atoms with van der Waals surface area (Å²) in [7, 11) is 0. The number of carbonyl (C=O) groups is 2. The van der Waals surface area contributed by atoms with Gasteiger partial charge in [-0.3, -0.25) is 4.89 Å². The quantitative estimate of drug-likeness (QED) is 0.0427. The monoisotopic (exact) mass is 696 g/mol. The van der Waals surface area contributed by atoms with Gasteiger partial charge in [-0.25, -0.2) is 40.2 Å². The van der Waals surface area contributed by atoms with Crippen LogP contribution in [0.3, 0.4) is 0 Å².